The van der Waals surface area contributed by atoms with Crippen LogP contribution in [0.25, 0.3) is 0 Å². The zero-order valence-electron chi connectivity index (χ0n) is 8.22. The van der Waals surface area contributed by atoms with Crippen LogP contribution >= 0.6 is 24.0 Å². The van der Waals surface area contributed by atoms with E-state index in [1.165, 1.54) is 12.1 Å². The second-order valence-electron chi connectivity index (χ2n) is 3.28. The minimum absolute atomic E-state index is 0. The smallest absolute Gasteiger partial charge is 0.142 e. The van der Waals surface area contributed by atoms with E-state index >= 15 is 0 Å². The van der Waals surface area contributed by atoms with Crippen molar-refractivity contribution in [2.45, 2.75) is 12.5 Å². The number of halogens is 3. The third kappa shape index (κ3) is 2.36. The van der Waals surface area contributed by atoms with E-state index in [0.29, 0.717) is 17.4 Å². The molecular weight excluding hydrogens is 240 g/mol. The average Bonchev–Trinajstić information content (AvgIpc) is 2.17. The molecule has 0 amide bonds. The maximum absolute atomic E-state index is 13.1. The Morgan fingerprint density at radius 1 is 1.53 bits per heavy atom. The number of ether oxygens (including phenoxy) is 1. The highest BCUT2D eigenvalue weighted by Crippen LogP contribution is 2.38. The SMILES string of the molecule is CNC1CCOc2c(Cl)cc(F)cc21.Cl. The minimum atomic E-state index is -0.320. The van der Waals surface area contributed by atoms with Gasteiger partial charge in [-0.15, -0.1) is 12.4 Å². The molecule has 0 fully saturated rings. The van der Waals surface area contributed by atoms with E-state index in [9.17, 15) is 4.39 Å². The quantitative estimate of drug-likeness (QED) is 0.829. The predicted octanol–water partition coefficient (Wildman–Crippen LogP) is 2.94. The van der Waals surface area contributed by atoms with E-state index in [1.54, 1.807) is 0 Å². The third-order valence-corrected chi connectivity index (χ3v) is 2.69. The summed E-state index contributed by atoms with van der Waals surface area (Å²) in [5, 5.41) is 3.46. The number of hydrogen-bond donors (Lipinski definition) is 1. The molecule has 1 N–H and O–H groups in total. The Morgan fingerprint density at radius 3 is 2.93 bits per heavy atom. The summed E-state index contributed by atoms with van der Waals surface area (Å²) < 4.78 is 18.5. The molecule has 0 aromatic heterocycles. The van der Waals surface area contributed by atoms with Crippen molar-refractivity contribution in [3.63, 3.8) is 0 Å². The summed E-state index contributed by atoms with van der Waals surface area (Å²) in [4.78, 5) is 0. The Labute approximate surface area is 99.2 Å². The molecule has 1 aliphatic heterocycles. The van der Waals surface area contributed by atoms with Crippen LogP contribution in [0.2, 0.25) is 5.02 Å². The molecule has 1 heterocycles. The van der Waals surface area contributed by atoms with Crippen molar-refractivity contribution in [3.05, 3.63) is 28.5 Å². The molecule has 0 bridgehead atoms. The van der Waals surface area contributed by atoms with Gasteiger partial charge in [-0.25, -0.2) is 4.39 Å². The van der Waals surface area contributed by atoms with Crippen molar-refractivity contribution in [1.29, 1.82) is 0 Å². The second kappa shape index (κ2) is 5.01. The normalized spacial score (nSPS) is 18.7. The summed E-state index contributed by atoms with van der Waals surface area (Å²) in [5.74, 6) is 0.290. The van der Waals surface area contributed by atoms with Gasteiger partial charge in [-0.2, -0.15) is 0 Å². The standard InChI is InChI=1S/C10H11ClFNO.ClH/c1-13-9-2-3-14-10-7(9)4-6(12)5-8(10)11;/h4-5,9,13H,2-3H2,1H3;1H. The fourth-order valence-corrected chi connectivity index (χ4v) is 1.99. The van der Waals surface area contributed by atoms with Crippen LogP contribution in [0.5, 0.6) is 5.75 Å². The van der Waals surface area contributed by atoms with Crippen molar-refractivity contribution in [3.8, 4) is 5.75 Å². The number of hydrogen-bond acceptors (Lipinski definition) is 2. The third-order valence-electron chi connectivity index (χ3n) is 2.41. The number of fused-ring (bicyclic) bond motifs is 1. The zero-order chi connectivity index (χ0) is 10.1. The molecule has 0 aliphatic carbocycles. The lowest BCUT2D eigenvalue weighted by Gasteiger charge is -2.26. The molecule has 2 rings (SSSR count). The fourth-order valence-electron chi connectivity index (χ4n) is 1.73. The molecule has 1 aromatic rings. The molecule has 2 nitrogen and oxygen atoms in total. The van der Waals surface area contributed by atoms with Gasteiger partial charge in [0.05, 0.1) is 11.6 Å². The molecule has 84 valence electrons. The molecule has 0 saturated carbocycles. The molecule has 1 unspecified atom stereocenters. The van der Waals surface area contributed by atoms with Crippen LogP contribution in [0.4, 0.5) is 4.39 Å². The number of rotatable bonds is 1. The summed E-state index contributed by atoms with van der Waals surface area (Å²) >= 11 is 5.88. The largest absolute Gasteiger partial charge is 0.492 e. The average molecular weight is 252 g/mol. The summed E-state index contributed by atoms with van der Waals surface area (Å²) in [6.45, 7) is 0.615. The van der Waals surface area contributed by atoms with Crippen molar-refractivity contribution in [2.24, 2.45) is 0 Å². The first kappa shape index (κ1) is 12.6. The van der Waals surface area contributed by atoms with Gasteiger partial charge in [0, 0.05) is 18.0 Å². The number of nitrogens with one attached hydrogen (secondary N) is 1. The molecular formula is C10H12Cl2FNO. The first-order chi connectivity index (χ1) is 6.72. The molecule has 5 heteroatoms. The van der Waals surface area contributed by atoms with Gasteiger partial charge < -0.3 is 10.1 Å². The van der Waals surface area contributed by atoms with Crippen LogP contribution in [0.1, 0.15) is 18.0 Å². The van der Waals surface area contributed by atoms with Gasteiger partial charge in [-0.05, 0) is 19.2 Å². The van der Waals surface area contributed by atoms with Crippen LogP contribution < -0.4 is 10.1 Å². The molecule has 0 saturated heterocycles. The topological polar surface area (TPSA) is 21.3 Å². The van der Waals surface area contributed by atoms with E-state index in [2.05, 4.69) is 5.32 Å². The molecule has 1 atom stereocenters. The molecule has 1 aliphatic rings. The Hall–Kier alpha value is -0.510. The lowest BCUT2D eigenvalue weighted by Crippen LogP contribution is -2.24. The Kier molecular flexibility index (Phi) is 4.20. The van der Waals surface area contributed by atoms with Crippen LogP contribution in [0.3, 0.4) is 0 Å². The van der Waals surface area contributed by atoms with Gasteiger partial charge in [0.1, 0.15) is 11.6 Å². The Morgan fingerprint density at radius 2 is 2.27 bits per heavy atom. The minimum Gasteiger partial charge on any atom is -0.492 e. The maximum Gasteiger partial charge on any atom is 0.142 e. The van der Waals surface area contributed by atoms with E-state index < -0.39 is 0 Å². The van der Waals surface area contributed by atoms with Gasteiger partial charge in [-0.3, -0.25) is 0 Å². The van der Waals surface area contributed by atoms with Crippen LogP contribution in [-0.2, 0) is 0 Å². The summed E-state index contributed by atoms with van der Waals surface area (Å²) in [7, 11) is 1.85. The van der Waals surface area contributed by atoms with Crippen LogP contribution in [-0.4, -0.2) is 13.7 Å². The fraction of sp³-hybridized carbons (Fsp3) is 0.400. The summed E-state index contributed by atoms with van der Waals surface area (Å²) in [5.41, 5.74) is 0.809. The van der Waals surface area contributed by atoms with Crippen LogP contribution in [0, 0.1) is 5.82 Å². The van der Waals surface area contributed by atoms with Gasteiger partial charge in [0.15, 0.2) is 0 Å². The van der Waals surface area contributed by atoms with Crippen molar-refractivity contribution in [1.82, 2.24) is 5.32 Å². The van der Waals surface area contributed by atoms with Crippen molar-refractivity contribution in [2.75, 3.05) is 13.7 Å². The lowest BCUT2D eigenvalue weighted by atomic mass is 10.0. The monoisotopic (exact) mass is 251 g/mol. The Balaban J connectivity index is 0.00000112. The lowest BCUT2D eigenvalue weighted by molar-refractivity contribution is 0.257. The first-order valence-corrected chi connectivity index (χ1v) is 4.89. The van der Waals surface area contributed by atoms with Crippen molar-refractivity contribution < 1.29 is 9.13 Å². The van der Waals surface area contributed by atoms with Gasteiger partial charge in [0.2, 0.25) is 0 Å². The van der Waals surface area contributed by atoms with E-state index in [1.807, 2.05) is 7.05 Å². The molecule has 0 radical (unpaired) electrons. The first-order valence-electron chi connectivity index (χ1n) is 4.51. The highest BCUT2D eigenvalue weighted by Gasteiger charge is 2.23. The van der Waals surface area contributed by atoms with Gasteiger partial charge in [0.25, 0.3) is 0 Å². The van der Waals surface area contributed by atoms with E-state index in [-0.39, 0.29) is 24.3 Å². The second-order valence-corrected chi connectivity index (χ2v) is 3.69. The maximum atomic E-state index is 13.1. The highest BCUT2D eigenvalue weighted by atomic mass is 35.5. The Bertz CT molecular complexity index is 360. The molecule has 1 aromatic carbocycles. The van der Waals surface area contributed by atoms with Gasteiger partial charge in [-0.1, -0.05) is 11.6 Å². The number of benzene rings is 1. The van der Waals surface area contributed by atoms with Crippen LogP contribution in [0.15, 0.2) is 12.1 Å². The molecule has 0 spiro atoms. The van der Waals surface area contributed by atoms with E-state index in [4.69, 9.17) is 16.3 Å². The van der Waals surface area contributed by atoms with Crippen molar-refractivity contribution >= 4 is 24.0 Å². The zero-order valence-corrected chi connectivity index (χ0v) is 9.79. The molecule has 15 heavy (non-hydrogen) atoms. The summed E-state index contributed by atoms with van der Waals surface area (Å²) in [6, 6.07) is 2.88. The van der Waals surface area contributed by atoms with E-state index in [0.717, 1.165) is 12.0 Å². The highest BCUT2D eigenvalue weighted by molar-refractivity contribution is 6.32. The summed E-state index contributed by atoms with van der Waals surface area (Å²) in [6.07, 6.45) is 0.837. The predicted molar refractivity (Wildman–Crippen MR) is 60.6 cm³/mol. The van der Waals surface area contributed by atoms with Gasteiger partial charge >= 0.3 is 0 Å².